The lowest BCUT2D eigenvalue weighted by Crippen LogP contribution is -2.40. The van der Waals surface area contributed by atoms with Crippen molar-refractivity contribution in [3.63, 3.8) is 0 Å². The molecule has 6 nitrogen and oxygen atoms in total. The highest BCUT2D eigenvalue weighted by molar-refractivity contribution is 5.73. The van der Waals surface area contributed by atoms with Gasteiger partial charge in [-0.15, -0.1) is 0 Å². The monoisotopic (exact) mass is 298 g/mol. The molecule has 0 spiro atoms. The Labute approximate surface area is 125 Å². The van der Waals surface area contributed by atoms with Gasteiger partial charge in [-0.1, -0.05) is 0 Å². The maximum Gasteiger partial charge on any atom is 0.314 e. The van der Waals surface area contributed by atoms with E-state index >= 15 is 0 Å². The van der Waals surface area contributed by atoms with Crippen LogP contribution < -0.4 is 10.6 Å². The summed E-state index contributed by atoms with van der Waals surface area (Å²) in [6, 6.07) is -0.116. The van der Waals surface area contributed by atoms with Gasteiger partial charge in [-0.2, -0.15) is 0 Å². The van der Waals surface area contributed by atoms with Gasteiger partial charge in [0.1, 0.15) is 0 Å². The molecule has 0 aromatic rings. The van der Waals surface area contributed by atoms with Crippen molar-refractivity contribution in [3.05, 3.63) is 0 Å². The van der Waals surface area contributed by atoms with Gasteiger partial charge < -0.3 is 20.5 Å². The highest BCUT2D eigenvalue weighted by atomic mass is 16.5. The zero-order chi connectivity index (χ0) is 15.1. The van der Waals surface area contributed by atoms with Crippen LogP contribution in [0, 0.1) is 17.8 Å². The number of hydrogen-bond donors (Lipinski definition) is 3. The van der Waals surface area contributed by atoms with Crippen LogP contribution in [0.2, 0.25) is 0 Å². The number of carbonyl (C=O) groups excluding carboxylic acids is 1. The van der Waals surface area contributed by atoms with Crippen molar-refractivity contribution in [3.8, 4) is 0 Å². The minimum absolute atomic E-state index is 0.116. The van der Waals surface area contributed by atoms with Gasteiger partial charge in [0.2, 0.25) is 0 Å². The Morgan fingerprint density at radius 3 is 2.43 bits per heavy atom. The summed E-state index contributed by atoms with van der Waals surface area (Å²) in [6.45, 7) is 2.99. The Hall–Kier alpha value is -1.30. The molecule has 2 fully saturated rings. The third-order valence-electron chi connectivity index (χ3n) is 4.61. The molecule has 2 aliphatic rings. The van der Waals surface area contributed by atoms with E-state index in [0.717, 1.165) is 51.7 Å². The predicted molar refractivity (Wildman–Crippen MR) is 78.0 cm³/mol. The SMILES string of the molecule is O=C(NCCC1CCOC1)NCC1CCC(C(=O)O)CC1. The standard InChI is InChI=1S/C15H26N2O4/c18-14(19)13-3-1-11(2-4-13)9-17-15(20)16-7-5-12-6-8-21-10-12/h11-13H,1-10H2,(H,18,19)(H2,16,17,20). The first kappa shape index (κ1) is 16.1. The maximum absolute atomic E-state index is 11.7. The molecule has 1 unspecified atom stereocenters. The third kappa shape index (κ3) is 5.53. The van der Waals surface area contributed by atoms with E-state index in [2.05, 4.69) is 10.6 Å². The molecule has 1 saturated carbocycles. The molecule has 1 aliphatic heterocycles. The summed E-state index contributed by atoms with van der Waals surface area (Å²) in [7, 11) is 0. The van der Waals surface area contributed by atoms with Gasteiger partial charge in [0.15, 0.2) is 0 Å². The third-order valence-corrected chi connectivity index (χ3v) is 4.61. The molecule has 1 aliphatic carbocycles. The second-order valence-corrected chi connectivity index (χ2v) is 6.21. The van der Waals surface area contributed by atoms with Crippen molar-refractivity contribution in [2.24, 2.45) is 17.8 Å². The first-order valence-corrected chi connectivity index (χ1v) is 7.97. The van der Waals surface area contributed by atoms with E-state index in [-0.39, 0.29) is 11.9 Å². The van der Waals surface area contributed by atoms with E-state index in [1.165, 1.54) is 0 Å². The molecule has 1 saturated heterocycles. The Kier molecular flexibility index (Phi) is 6.29. The topological polar surface area (TPSA) is 87.7 Å². The van der Waals surface area contributed by atoms with Crippen LogP contribution in [-0.4, -0.2) is 43.4 Å². The molecule has 1 atom stereocenters. The zero-order valence-electron chi connectivity index (χ0n) is 12.5. The lowest BCUT2D eigenvalue weighted by molar-refractivity contribution is -0.143. The zero-order valence-corrected chi connectivity index (χ0v) is 12.5. The minimum atomic E-state index is -0.685. The van der Waals surface area contributed by atoms with Crippen LogP contribution in [0.5, 0.6) is 0 Å². The fraction of sp³-hybridized carbons (Fsp3) is 0.867. The van der Waals surface area contributed by atoms with Crippen LogP contribution in [0.3, 0.4) is 0 Å². The van der Waals surface area contributed by atoms with Crippen molar-refractivity contribution in [2.75, 3.05) is 26.3 Å². The number of aliphatic carboxylic acids is 1. The van der Waals surface area contributed by atoms with E-state index < -0.39 is 5.97 Å². The quantitative estimate of drug-likeness (QED) is 0.695. The van der Waals surface area contributed by atoms with Gasteiger partial charge in [-0.25, -0.2) is 4.79 Å². The van der Waals surface area contributed by atoms with E-state index in [9.17, 15) is 9.59 Å². The maximum atomic E-state index is 11.7. The van der Waals surface area contributed by atoms with Crippen molar-refractivity contribution in [2.45, 2.75) is 38.5 Å². The summed E-state index contributed by atoms with van der Waals surface area (Å²) >= 11 is 0. The molecule has 21 heavy (non-hydrogen) atoms. The number of ether oxygens (including phenoxy) is 1. The first-order chi connectivity index (χ1) is 10.1. The lowest BCUT2D eigenvalue weighted by Gasteiger charge is -2.26. The Bertz CT molecular complexity index is 348. The molecular formula is C15H26N2O4. The minimum Gasteiger partial charge on any atom is -0.481 e. The molecule has 3 N–H and O–H groups in total. The van der Waals surface area contributed by atoms with E-state index in [0.29, 0.717) is 24.9 Å². The number of urea groups is 1. The number of carboxylic acid groups (broad SMARTS) is 1. The number of hydrogen-bond acceptors (Lipinski definition) is 3. The normalized spacial score (nSPS) is 29.0. The van der Waals surface area contributed by atoms with Crippen LogP contribution in [0.15, 0.2) is 0 Å². The number of amides is 2. The van der Waals surface area contributed by atoms with Crippen molar-refractivity contribution in [1.82, 2.24) is 10.6 Å². The Morgan fingerprint density at radius 2 is 1.81 bits per heavy atom. The summed E-state index contributed by atoms with van der Waals surface area (Å²) in [5.41, 5.74) is 0. The van der Waals surface area contributed by atoms with E-state index in [1.807, 2.05) is 0 Å². The fourth-order valence-electron chi connectivity index (χ4n) is 3.11. The fourth-order valence-corrected chi connectivity index (χ4v) is 3.11. The smallest absolute Gasteiger partial charge is 0.314 e. The van der Waals surface area contributed by atoms with Crippen molar-refractivity contribution < 1.29 is 19.4 Å². The van der Waals surface area contributed by atoms with Crippen LogP contribution in [0.25, 0.3) is 0 Å². The first-order valence-electron chi connectivity index (χ1n) is 7.97. The Balaban J connectivity index is 1.52. The van der Waals surface area contributed by atoms with Crippen molar-refractivity contribution in [1.29, 1.82) is 0 Å². The van der Waals surface area contributed by atoms with Gasteiger partial charge in [-0.3, -0.25) is 4.79 Å². The molecule has 0 aromatic heterocycles. The average molecular weight is 298 g/mol. The summed E-state index contributed by atoms with van der Waals surface area (Å²) in [5, 5.41) is 14.7. The molecule has 120 valence electrons. The van der Waals surface area contributed by atoms with Crippen LogP contribution >= 0.6 is 0 Å². The molecule has 1 heterocycles. The molecule has 2 amide bonds. The number of carbonyl (C=O) groups is 2. The highest BCUT2D eigenvalue weighted by Crippen LogP contribution is 2.28. The van der Waals surface area contributed by atoms with Crippen LogP contribution in [0.1, 0.15) is 38.5 Å². The molecule has 0 aromatic carbocycles. The molecule has 2 rings (SSSR count). The van der Waals surface area contributed by atoms with E-state index in [1.54, 1.807) is 0 Å². The van der Waals surface area contributed by atoms with E-state index in [4.69, 9.17) is 9.84 Å². The molecule has 0 bridgehead atoms. The largest absolute Gasteiger partial charge is 0.481 e. The predicted octanol–water partition coefficient (Wildman–Crippen LogP) is 1.60. The average Bonchev–Trinajstić information content (AvgIpc) is 2.99. The number of nitrogens with one attached hydrogen (secondary N) is 2. The van der Waals surface area contributed by atoms with Crippen LogP contribution in [-0.2, 0) is 9.53 Å². The second-order valence-electron chi connectivity index (χ2n) is 6.21. The molecular weight excluding hydrogens is 272 g/mol. The number of carboxylic acids is 1. The summed E-state index contributed by atoms with van der Waals surface area (Å²) in [5.74, 6) is 0.116. The lowest BCUT2D eigenvalue weighted by atomic mass is 9.82. The summed E-state index contributed by atoms with van der Waals surface area (Å²) in [4.78, 5) is 22.6. The summed E-state index contributed by atoms with van der Waals surface area (Å²) in [6.07, 6.45) is 5.29. The van der Waals surface area contributed by atoms with Crippen LogP contribution in [0.4, 0.5) is 4.79 Å². The van der Waals surface area contributed by atoms with Gasteiger partial charge in [0.05, 0.1) is 5.92 Å². The molecule has 6 heteroatoms. The second kappa shape index (κ2) is 8.22. The summed E-state index contributed by atoms with van der Waals surface area (Å²) < 4.78 is 5.30. The van der Waals surface area contributed by atoms with Gasteiger partial charge in [0, 0.05) is 26.3 Å². The van der Waals surface area contributed by atoms with Crippen molar-refractivity contribution >= 4 is 12.0 Å². The van der Waals surface area contributed by atoms with Gasteiger partial charge >= 0.3 is 12.0 Å². The Morgan fingerprint density at radius 1 is 1.05 bits per heavy atom. The highest BCUT2D eigenvalue weighted by Gasteiger charge is 2.25. The van der Waals surface area contributed by atoms with Gasteiger partial charge in [0.25, 0.3) is 0 Å². The molecule has 0 radical (unpaired) electrons. The van der Waals surface area contributed by atoms with Gasteiger partial charge in [-0.05, 0) is 50.4 Å². The number of rotatable bonds is 6.